The summed E-state index contributed by atoms with van der Waals surface area (Å²) in [4.78, 5) is 12.4. The Bertz CT molecular complexity index is 594. The van der Waals surface area contributed by atoms with Crippen LogP contribution in [0, 0.1) is 6.92 Å². The quantitative estimate of drug-likeness (QED) is 0.732. The molecule has 0 atom stereocenters. The first-order chi connectivity index (χ1) is 9.13. The molecular formula is C12H14N4O3. The molecule has 0 spiro atoms. The Balaban J connectivity index is 2.43. The minimum atomic E-state index is -1.17. The lowest BCUT2D eigenvalue weighted by Crippen LogP contribution is -2.09. The zero-order valence-electron chi connectivity index (χ0n) is 10.4. The van der Waals surface area contributed by atoms with Crippen LogP contribution in [0.1, 0.15) is 16.1 Å². The van der Waals surface area contributed by atoms with Crippen molar-refractivity contribution < 1.29 is 15.0 Å². The van der Waals surface area contributed by atoms with E-state index in [9.17, 15) is 4.79 Å². The Labute approximate surface area is 109 Å². The Morgan fingerprint density at radius 1 is 1.37 bits per heavy atom. The van der Waals surface area contributed by atoms with E-state index in [0.29, 0.717) is 5.69 Å². The zero-order chi connectivity index (χ0) is 13.8. The summed E-state index contributed by atoms with van der Waals surface area (Å²) in [5.41, 5.74) is 1.47. The SMILES string of the molecule is Cc1ccccc1-n1nc(NCCO)c(C(=O)O)n1. The number of nitrogens with zero attached hydrogens (tertiary/aromatic N) is 3. The molecule has 1 heterocycles. The molecule has 0 aliphatic rings. The van der Waals surface area contributed by atoms with Crippen molar-refractivity contribution in [3.8, 4) is 5.69 Å². The lowest BCUT2D eigenvalue weighted by Gasteiger charge is -2.02. The molecule has 7 heteroatoms. The van der Waals surface area contributed by atoms with Crippen LogP contribution in [-0.2, 0) is 0 Å². The van der Waals surface area contributed by atoms with Gasteiger partial charge in [0, 0.05) is 6.54 Å². The highest BCUT2D eigenvalue weighted by molar-refractivity contribution is 5.90. The summed E-state index contributed by atoms with van der Waals surface area (Å²) in [6.45, 7) is 1.99. The van der Waals surface area contributed by atoms with E-state index in [4.69, 9.17) is 10.2 Å². The third kappa shape index (κ3) is 2.71. The molecule has 3 N–H and O–H groups in total. The molecule has 0 radical (unpaired) electrons. The van der Waals surface area contributed by atoms with Crippen molar-refractivity contribution in [1.29, 1.82) is 0 Å². The van der Waals surface area contributed by atoms with Gasteiger partial charge in [-0.2, -0.15) is 0 Å². The first-order valence-electron chi connectivity index (χ1n) is 5.75. The van der Waals surface area contributed by atoms with Crippen molar-refractivity contribution >= 4 is 11.8 Å². The standard InChI is InChI=1S/C12H14N4O3/c1-8-4-2-3-5-9(8)16-14-10(12(18)19)11(15-16)13-6-7-17/h2-5,17H,6-7H2,1H3,(H,13,15)(H,18,19). The first kappa shape index (κ1) is 13.0. The number of aryl methyl sites for hydroxylation is 1. The number of anilines is 1. The smallest absolute Gasteiger partial charge is 0.360 e. The molecule has 0 saturated carbocycles. The maximum atomic E-state index is 11.1. The Kier molecular flexibility index (Phi) is 3.76. The van der Waals surface area contributed by atoms with Gasteiger partial charge in [-0.25, -0.2) is 4.79 Å². The number of hydrogen-bond acceptors (Lipinski definition) is 5. The number of aromatic nitrogens is 3. The van der Waals surface area contributed by atoms with Crippen LogP contribution < -0.4 is 5.32 Å². The van der Waals surface area contributed by atoms with Crippen molar-refractivity contribution in [1.82, 2.24) is 15.0 Å². The Morgan fingerprint density at radius 3 is 2.74 bits per heavy atom. The number of benzene rings is 1. The fraction of sp³-hybridized carbons (Fsp3) is 0.250. The molecule has 0 fully saturated rings. The second-order valence-electron chi connectivity index (χ2n) is 3.93. The van der Waals surface area contributed by atoms with E-state index in [1.165, 1.54) is 4.80 Å². The highest BCUT2D eigenvalue weighted by Crippen LogP contribution is 2.16. The van der Waals surface area contributed by atoms with E-state index in [2.05, 4.69) is 15.5 Å². The number of carbonyl (C=O) groups is 1. The van der Waals surface area contributed by atoms with Gasteiger partial charge in [0.2, 0.25) is 5.69 Å². The third-order valence-corrected chi connectivity index (χ3v) is 2.55. The third-order valence-electron chi connectivity index (χ3n) is 2.55. The molecule has 0 aliphatic carbocycles. The number of carboxylic acids is 1. The lowest BCUT2D eigenvalue weighted by atomic mass is 10.2. The van der Waals surface area contributed by atoms with Gasteiger partial charge < -0.3 is 15.5 Å². The highest BCUT2D eigenvalue weighted by Gasteiger charge is 2.18. The molecule has 2 rings (SSSR count). The van der Waals surface area contributed by atoms with Crippen LogP contribution in [0.15, 0.2) is 24.3 Å². The van der Waals surface area contributed by atoms with E-state index in [0.717, 1.165) is 5.56 Å². The van der Waals surface area contributed by atoms with Crippen LogP contribution in [0.5, 0.6) is 0 Å². The van der Waals surface area contributed by atoms with E-state index in [1.807, 2.05) is 25.1 Å². The molecule has 2 aromatic rings. The van der Waals surface area contributed by atoms with E-state index in [1.54, 1.807) is 6.07 Å². The van der Waals surface area contributed by atoms with Crippen LogP contribution in [-0.4, -0.2) is 44.3 Å². The molecule has 0 unspecified atom stereocenters. The van der Waals surface area contributed by atoms with Crippen molar-refractivity contribution in [3.05, 3.63) is 35.5 Å². The van der Waals surface area contributed by atoms with E-state index in [-0.39, 0.29) is 24.7 Å². The van der Waals surface area contributed by atoms with Gasteiger partial charge in [0.05, 0.1) is 12.3 Å². The molecule has 1 aromatic heterocycles. The topological polar surface area (TPSA) is 100 Å². The van der Waals surface area contributed by atoms with Gasteiger partial charge in [-0.15, -0.1) is 15.0 Å². The van der Waals surface area contributed by atoms with Crippen molar-refractivity contribution in [2.75, 3.05) is 18.5 Å². The van der Waals surface area contributed by atoms with Crippen molar-refractivity contribution in [3.63, 3.8) is 0 Å². The number of aromatic carboxylic acids is 1. The summed E-state index contributed by atoms with van der Waals surface area (Å²) >= 11 is 0. The minimum Gasteiger partial charge on any atom is -0.476 e. The Morgan fingerprint density at radius 2 is 2.11 bits per heavy atom. The maximum Gasteiger partial charge on any atom is 0.360 e. The molecule has 19 heavy (non-hydrogen) atoms. The molecule has 0 bridgehead atoms. The average molecular weight is 262 g/mol. The average Bonchev–Trinajstić information content (AvgIpc) is 2.81. The zero-order valence-corrected chi connectivity index (χ0v) is 10.4. The van der Waals surface area contributed by atoms with Gasteiger partial charge >= 0.3 is 5.97 Å². The van der Waals surface area contributed by atoms with Gasteiger partial charge in [-0.05, 0) is 18.6 Å². The van der Waals surface area contributed by atoms with Gasteiger partial charge in [0.25, 0.3) is 0 Å². The number of aliphatic hydroxyl groups is 1. The largest absolute Gasteiger partial charge is 0.476 e. The van der Waals surface area contributed by atoms with E-state index >= 15 is 0 Å². The number of para-hydroxylation sites is 1. The number of rotatable bonds is 5. The maximum absolute atomic E-state index is 11.1. The molecule has 100 valence electrons. The van der Waals surface area contributed by atoms with Crippen LogP contribution >= 0.6 is 0 Å². The van der Waals surface area contributed by atoms with Crippen molar-refractivity contribution in [2.45, 2.75) is 6.92 Å². The molecule has 1 aromatic carbocycles. The monoisotopic (exact) mass is 262 g/mol. The number of aliphatic hydroxyl groups excluding tert-OH is 1. The summed E-state index contributed by atoms with van der Waals surface area (Å²) in [5, 5.41) is 28.6. The van der Waals surface area contributed by atoms with Gasteiger partial charge in [-0.1, -0.05) is 18.2 Å². The lowest BCUT2D eigenvalue weighted by molar-refractivity contribution is 0.0691. The normalized spacial score (nSPS) is 10.4. The van der Waals surface area contributed by atoms with Gasteiger partial charge in [0.15, 0.2) is 5.82 Å². The molecular weight excluding hydrogens is 248 g/mol. The number of nitrogens with one attached hydrogen (secondary N) is 1. The van der Waals surface area contributed by atoms with Crippen molar-refractivity contribution in [2.24, 2.45) is 0 Å². The minimum absolute atomic E-state index is 0.115. The fourth-order valence-electron chi connectivity index (χ4n) is 1.64. The van der Waals surface area contributed by atoms with Gasteiger partial charge in [-0.3, -0.25) is 0 Å². The second kappa shape index (κ2) is 5.49. The van der Waals surface area contributed by atoms with Crippen LogP contribution in [0.2, 0.25) is 0 Å². The van der Waals surface area contributed by atoms with Crippen LogP contribution in [0.3, 0.4) is 0 Å². The highest BCUT2D eigenvalue weighted by atomic mass is 16.4. The second-order valence-corrected chi connectivity index (χ2v) is 3.93. The van der Waals surface area contributed by atoms with Crippen LogP contribution in [0.4, 0.5) is 5.82 Å². The number of carboxylic acid groups (broad SMARTS) is 1. The molecule has 7 nitrogen and oxygen atoms in total. The molecule has 0 aliphatic heterocycles. The summed E-state index contributed by atoms with van der Waals surface area (Å²) in [6, 6.07) is 7.40. The van der Waals surface area contributed by atoms with Gasteiger partial charge in [0.1, 0.15) is 0 Å². The predicted octanol–water partition coefficient (Wildman–Crippen LogP) is 0.678. The Hall–Kier alpha value is -2.41. The van der Waals surface area contributed by atoms with Crippen LogP contribution in [0.25, 0.3) is 5.69 Å². The molecule has 0 saturated heterocycles. The summed E-state index contributed by atoms with van der Waals surface area (Å²) < 4.78 is 0. The fourth-order valence-corrected chi connectivity index (χ4v) is 1.64. The summed E-state index contributed by atoms with van der Waals surface area (Å²) in [5.74, 6) is -1.02. The number of hydrogen-bond donors (Lipinski definition) is 3. The summed E-state index contributed by atoms with van der Waals surface area (Å²) in [6.07, 6.45) is 0. The summed E-state index contributed by atoms with van der Waals surface area (Å²) in [7, 11) is 0. The van der Waals surface area contributed by atoms with E-state index < -0.39 is 5.97 Å². The molecule has 0 amide bonds. The first-order valence-corrected chi connectivity index (χ1v) is 5.75. The predicted molar refractivity (Wildman–Crippen MR) is 68.6 cm³/mol.